The van der Waals surface area contributed by atoms with Gasteiger partial charge in [0.15, 0.2) is 0 Å². The lowest BCUT2D eigenvalue weighted by molar-refractivity contribution is 0.0303. The summed E-state index contributed by atoms with van der Waals surface area (Å²) in [5.41, 5.74) is 3.46. The normalized spacial score (nSPS) is 14.3. The minimum Gasteiger partial charge on any atom is -0.378 e. The molecule has 7 heteroatoms. The number of anilines is 1. The van der Waals surface area contributed by atoms with Crippen molar-refractivity contribution in [3.05, 3.63) is 65.5 Å². The summed E-state index contributed by atoms with van der Waals surface area (Å²) in [6.45, 7) is 4.18. The van der Waals surface area contributed by atoms with Gasteiger partial charge in [0.05, 0.1) is 18.7 Å². The number of carbonyl (C=O) groups is 2. The number of pyridine rings is 1. The highest BCUT2D eigenvalue weighted by molar-refractivity contribution is 6.06. The largest absolute Gasteiger partial charge is 0.378 e. The van der Waals surface area contributed by atoms with E-state index in [1.807, 2.05) is 19.1 Å². The number of ether oxygens (including phenoxy) is 1. The Kier molecular flexibility index (Phi) is 4.60. The van der Waals surface area contributed by atoms with Crippen LogP contribution in [0.5, 0.6) is 0 Å². The van der Waals surface area contributed by atoms with Crippen LogP contribution in [-0.2, 0) is 4.74 Å². The van der Waals surface area contributed by atoms with Crippen molar-refractivity contribution in [2.75, 3.05) is 31.6 Å². The number of carbonyl (C=O) groups excluding carboxylic acids is 2. The number of amides is 2. The molecule has 27 heavy (non-hydrogen) atoms. The smallest absolute Gasteiger partial charge is 0.255 e. The molecule has 0 bridgehead atoms. The quantitative estimate of drug-likeness (QED) is 0.774. The van der Waals surface area contributed by atoms with E-state index >= 15 is 0 Å². The van der Waals surface area contributed by atoms with Crippen LogP contribution in [0.1, 0.15) is 26.3 Å². The zero-order valence-corrected chi connectivity index (χ0v) is 15.0. The first-order valence-corrected chi connectivity index (χ1v) is 8.84. The number of morpholine rings is 1. The summed E-state index contributed by atoms with van der Waals surface area (Å²) >= 11 is 0. The van der Waals surface area contributed by atoms with E-state index in [0.29, 0.717) is 43.1 Å². The molecule has 1 aromatic carbocycles. The van der Waals surface area contributed by atoms with Crippen molar-refractivity contribution in [3.8, 4) is 0 Å². The predicted octanol–water partition coefficient (Wildman–Crippen LogP) is 2.37. The fraction of sp³-hybridized carbons (Fsp3) is 0.250. The van der Waals surface area contributed by atoms with Crippen molar-refractivity contribution >= 4 is 23.0 Å². The summed E-state index contributed by atoms with van der Waals surface area (Å²) in [4.78, 5) is 27.1. The van der Waals surface area contributed by atoms with E-state index in [-0.39, 0.29) is 11.8 Å². The molecule has 1 saturated heterocycles. The van der Waals surface area contributed by atoms with Gasteiger partial charge in [0.25, 0.3) is 11.8 Å². The van der Waals surface area contributed by atoms with Gasteiger partial charge in [0.2, 0.25) is 0 Å². The predicted molar refractivity (Wildman–Crippen MR) is 101 cm³/mol. The first-order valence-electron chi connectivity index (χ1n) is 8.84. The molecule has 1 fully saturated rings. The molecule has 4 rings (SSSR count). The Morgan fingerprint density at radius 3 is 2.70 bits per heavy atom. The van der Waals surface area contributed by atoms with Crippen molar-refractivity contribution < 1.29 is 14.3 Å². The third-order valence-electron chi connectivity index (χ3n) is 4.69. The Balaban J connectivity index is 1.55. The van der Waals surface area contributed by atoms with E-state index in [1.54, 1.807) is 46.1 Å². The fourth-order valence-corrected chi connectivity index (χ4v) is 3.10. The Morgan fingerprint density at radius 2 is 1.89 bits per heavy atom. The summed E-state index contributed by atoms with van der Waals surface area (Å²) in [7, 11) is 0. The lowest BCUT2D eigenvalue weighted by Crippen LogP contribution is -2.40. The monoisotopic (exact) mass is 364 g/mol. The number of aromatic nitrogens is 2. The maximum absolute atomic E-state index is 12.7. The van der Waals surface area contributed by atoms with Gasteiger partial charge in [-0.15, -0.1) is 0 Å². The minimum atomic E-state index is -0.224. The summed E-state index contributed by atoms with van der Waals surface area (Å²) in [6.07, 6.45) is 3.43. The Morgan fingerprint density at radius 1 is 1.07 bits per heavy atom. The third kappa shape index (κ3) is 3.54. The molecule has 7 nitrogen and oxygen atoms in total. The minimum absolute atomic E-state index is 0.0468. The summed E-state index contributed by atoms with van der Waals surface area (Å²) < 4.78 is 7.00. The Hall–Kier alpha value is -3.19. The lowest BCUT2D eigenvalue weighted by Gasteiger charge is -2.27. The van der Waals surface area contributed by atoms with Gasteiger partial charge in [-0.3, -0.25) is 9.59 Å². The van der Waals surface area contributed by atoms with Gasteiger partial charge < -0.3 is 15.0 Å². The first kappa shape index (κ1) is 17.2. The Labute approximate surface area is 156 Å². The topological polar surface area (TPSA) is 75.9 Å². The number of nitrogens with one attached hydrogen (secondary N) is 1. The average molecular weight is 364 g/mol. The second-order valence-electron chi connectivity index (χ2n) is 6.50. The van der Waals surface area contributed by atoms with Gasteiger partial charge in [-0.2, -0.15) is 5.10 Å². The number of hydrogen-bond donors (Lipinski definition) is 1. The van der Waals surface area contributed by atoms with Crippen LogP contribution in [0, 0.1) is 6.92 Å². The van der Waals surface area contributed by atoms with Gasteiger partial charge in [-0.05, 0) is 42.8 Å². The summed E-state index contributed by atoms with van der Waals surface area (Å²) in [6, 6.07) is 10.7. The molecule has 138 valence electrons. The fourth-order valence-electron chi connectivity index (χ4n) is 3.10. The highest BCUT2D eigenvalue weighted by Gasteiger charge is 2.19. The molecule has 0 saturated carbocycles. The molecule has 3 heterocycles. The van der Waals surface area contributed by atoms with E-state index in [4.69, 9.17) is 4.74 Å². The molecule has 1 aliphatic rings. The van der Waals surface area contributed by atoms with Crippen molar-refractivity contribution in [2.24, 2.45) is 0 Å². The van der Waals surface area contributed by atoms with Crippen LogP contribution in [-0.4, -0.2) is 52.6 Å². The van der Waals surface area contributed by atoms with Crippen LogP contribution in [0.2, 0.25) is 0 Å². The van der Waals surface area contributed by atoms with Crippen molar-refractivity contribution in [3.63, 3.8) is 0 Å². The molecule has 0 spiro atoms. The van der Waals surface area contributed by atoms with Gasteiger partial charge in [0.1, 0.15) is 0 Å². The highest BCUT2D eigenvalue weighted by Crippen LogP contribution is 2.20. The van der Waals surface area contributed by atoms with Crippen LogP contribution in [0.3, 0.4) is 0 Å². The van der Waals surface area contributed by atoms with Crippen molar-refractivity contribution in [1.29, 1.82) is 0 Å². The van der Waals surface area contributed by atoms with E-state index < -0.39 is 0 Å². The first-order chi connectivity index (χ1) is 13.1. The number of rotatable bonds is 3. The molecule has 1 aliphatic heterocycles. The van der Waals surface area contributed by atoms with Gasteiger partial charge >= 0.3 is 0 Å². The zero-order valence-electron chi connectivity index (χ0n) is 15.0. The molecular formula is C20H20N4O3. The summed E-state index contributed by atoms with van der Waals surface area (Å²) in [5.74, 6) is -0.271. The average Bonchev–Trinajstić information content (AvgIpc) is 3.17. The van der Waals surface area contributed by atoms with Crippen LogP contribution in [0.15, 0.2) is 48.8 Å². The second kappa shape index (κ2) is 7.20. The number of hydrogen-bond acceptors (Lipinski definition) is 4. The third-order valence-corrected chi connectivity index (χ3v) is 4.69. The number of aryl methyl sites for hydroxylation is 1. The van der Waals surface area contributed by atoms with Crippen LogP contribution in [0.4, 0.5) is 5.69 Å². The highest BCUT2D eigenvalue weighted by atomic mass is 16.5. The molecule has 2 aromatic heterocycles. The zero-order chi connectivity index (χ0) is 18.8. The lowest BCUT2D eigenvalue weighted by atomic mass is 10.1. The van der Waals surface area contributed by atoms with Gasteiger partial charge in [-0.1, -0.05) is 6.07 Å². The van der Waals surface area contributed by atoms with Crippen molar-refractivity contribution in [1.82, 2.24) is 14.5 Å². The van der Waals surface area contributed by atoms with Crippen LogP contribution < -0.4 is 5.32 Å². The van der Waals surface area contributed by atoms with Gasteiger partial charge in [-0.25, -0.2) is 4.52 Å². The molecular weight excluding hydrogens is 344 g/mol. The van der Waals surface area contributed by atoms with E-state index in [1.165, 1.54) is 0 Å². The SMILES string of the molecule is Cc1ccc(C(=O)N2CCOCC2)cc1NC(=O)c1ccn2nccc2c1. The summed E-state index contributed by atoms with van der Waals surface area (Å²) in [5, 5.41) is 7.04. The van der Waals surface area contributed by atoms with Gasteiger partial charge in [0, 0.05) is 42.3 Å². The Bertz CT molecular complexity index is 1010. The molecule has 0 radical (unpaired) electrons. The maximum atomic E-state index is 12.7. The van der Waals surface area contributed by atoms with Crippen LogP contribution >= 0.6 is 0 Å². The molecule has 1 N–H and O–H groups in total. The van der Waals surface area contributed by atoms with E-state index in [2.05, 4.69) is 10.4 Å². The standard InChI is InChI=1S/C20H20N4O3/c1-14-2-3-16(20(26)23-8-10-27-11-9-23)13-18(14)22-19(25)15-5-7-24-17(12-15)4-6-21-24/h2-7,12-13H,8-11H2,1H3,(H,22,25). The molecule has 2 amide bonds. The molecule has 0 unspecified atom stereocenters. The van der Waals surface area contributed by atoms with Crippen molar-refractivity contribution in [2.45, 2.75) is 6.92 Å². The van der Waals surface area contributed by atoms with E-state index in [9.17, 15) is 9.59 Å². The van der Waals surface area contributed by atoms with E-state index in [0.717, 1.165) is 11.1 Å². The maximum Gasteiger partial charge on any atom is 0.255 e. The number of benzene rings is 1. The van der Waals surface area contributed by atoms with Crippen LogP contribution in [0.25, 0.3) is 5.52 Å². The molecule has 0 aliphatic carbocycles. The molecule has 0 atom stereocenters. The molecule has 3 aromatic rings. The number of nitrogens with zero attached hydrogens (tertiary/aromatic N) is 3. The second-order valence-corrected chi connectivity index (χ2v) is 6.50. The number of fused-ring (bicyclic) bond motifs is 1.